The molecule has 0 aliphatic heterocycles. The topological polar surface area (TPSA) is 51.2 Å². The number of rotatable bonds is 3. The average molecular weight is 281 g/mol. The number of ether oxygens (including phenoxy) is 1. The predicted molar refractivity (Wildman–Crippen MR) is 70.3 cm³/mol. The van der Waals surface area contributed by atoms with Crippen LogP contribution in [0.1, 0.15) is 10.5 Å². The number of methoxy groups -OCH3 is 1. The van der Waals surface area contributed by atoms with Gasteiger partial charge in [-0.3, -0.25) is 0 Å². The molecule has 19 heavy (non-hydrogen) atoms. The number of nitrogens with zero attached hydrogens (tertiary/aromatic N) is 1. The third kappa shape index (κ3) is 3.20. The van der Waals surface area contributed by atoms with Crippen LogP contribution in [0, 0.1) is 5.82 Å². The fourth-order valence-electron chi connectivity index (χ4n) is 1.47. The standard InChI is InChI=1S/C13H10ClFN2O2/c1-19-13(18)12-7-9(4-5-16-12)17-8-2-3-11(15)10(14)6-8/h2-7H,1H3,(H,16,17). The van der Waals surface area contributed by atoms with Crippen LogP contribution in [-0.4, -0.2) is 18.1 Å². The maximum atomic E-state index is 13.0. The highest BCUT2D eigenvalue weighted by Crippen LogP contribution is 2.22. The van der Waals surface area contributed by atoms with Gasteiger partial charge in [0, 0.05) is 17.6 Å². The normalized spacial score (nSPS) is 10.1. The molecule has 4 nitrogen and oxygen atoms in total. The molecule has 0 bridgehead atoms. The van der Waals surface area contributed by atoms with E-state index in [1.54, 1.807) is 12.1 Å². The van der Waals surface area contributed by atoms with Gasteiger partial charge in [0.15, 0.2) is 0 Å². The molecule has 1 aromatic heterocycles. The second kappa shape index (κ2) is 5.67. The molecular weight excluding hydrogens is 271 g/mol. The van der Waals surface area contributed by atoms with Crippen molar-refractivity contribution in [2.24, 2.45) is 0 Å². The third-order valence-electron chi connectivity index (χ3n) is 2.36. The average Bonchev–Trinajstić information content (AvgIpc) is 2.42. The highest BCUT2D eigenvalue weighted by atomic mass is 35.5. The molecular formula is C13H10ClFN2O2. The Hall–Kier alpha value is -2.14. The number of hydrogen-bond acceptors (Lipinski definition) is 4. The lowest BCUT2D eigenvalue weighted by Crippen LogP contribution is -2.04. The van der Waals surface area contributed by atoms with Crippen molar-refractivity contribution in [1.82, 2.24) is 4.98 Å². The molecule has 0 fully saturated rings. The molecule has 0 spiro atoms. The number of nitrogens with one attached hydrogen (secondary N) is 1. The molecule has 0 atom stereocenters. The maximum Gasteiger partial charge on any atom is 0.356 e. The van der Waals surface area contributed by atoms with Crippen LogP contribution in [0.3, 0.4) is 0 Å². The first-order valence-corrected chi connectivity index (χ1v) is 5.74. The van der Waals surface area contributed by atoms with Gasteiger partial charge in [-0.05, 0) is 30.3 Å². The monoisotopic (exact) mass is 280 g/mol. The van der Waals surface area contributed by atoms with E-state index in [4.69, 9.17) is 11.6 Å². The highest BCUT2D eigenvalue weighted by Gasteiger charge is 2.08. The third-order valence-corrected chi connectivity index (χ3v) is 2.65. The summed E-state index contributed by atoms with van der Waals surface area (Å²) < 4.78 is 17.6. The first-order chi connectivity index (χ1) is 9.10. The molecule has 6 heteroatoms. The van der Waals surface area contributed by atoms with Crippen molar-refractivity contribution in [3.63, 3.8) is 0 Å². The molecule has 2 rings (SSSR count). The van der Waals surface area contributed by atoms with Crippen LogP contribution in [0.2, 0.25) is 5.02 Å². The summed E-state index contributed by atoms with van der Waals surface area (Å²) in [4.78, 5) is 15.2. The summed E-state index contributed by atoms with van der Waals surface area (Å²) in [6, 6.07) is 7.45. The number of carbonyl (C=O) groups excluding carboxylic acids is 1. The highest BCUT2D eigenvalue weighted by molar-refractivity contribution is 6.31. The largest absolute Gasteiger partial charge is 0.464 e. The molecule has 1 N–H and O–H groups in total. The number of hydrogen-bond donors (Lipinski definition) is 1. The summed E-state index contributed by atoms with van der Waals surface area (Å²) in [5.41, 5.74) is 1.41. The first kappa shape index (κ1) is 13.3. The van der Waals surface area contributed by atoms with Crippen molar-refractivity contribution >= 4 is 28.9 Å². The van der Waals surface area contributed by atoms with Crippen LogP contribution < -0.4 is 5.32 Å². The van der Waals surface area contributed by atoms with Crippen LogP contribution in [0.4, 0.5) is 15.8 Å². The predicted octanol–water partition coefficient (Wildman–Crippen LogP) is 3.40. The Morgan fingerprint density at radius 3 is 2.74 bits per heavy atom. The lowest BCUT2D eigenvalue weighted by molar-refractivity contribution is 0.0594. The molecule has 0 aliphatic carbocycles. The Morgan fingerprint density at radius 1 is 1.32 bits per heavy atom. The Morgan fingerprint density at radius 2 is 2.05 bits per heavy atom. The summed E-state index contributed by atoms with van der Waals surface area (Å²) in [6.45, 7) is 0. The molecule has 98 valence electrons. The van der Waals surface area contributed by atoms with Crippen molar-refractivity contribution in [3.05, 3.63) is 53.1 Å². The Balaban J connectivity index is 2.23. The van der Waals surface area contributed by atoms with Gasteiger partial charge in [0.2, 0.25) is 0 Å². The number of benzene rings is 1. The summed E-state index contributed by atoms with van der Waals surface area (Å²) in [6.07, 6.45) is 1.47. The fraction of sp³-hybridized carbons (Fsp3) is 0.0769. The van der Waals surface area contributed by atoms with Gasteiger partial charge in [-0.1, -0.05) is 11.6 Å². The Kier molecular flexibility index (Phi) is 3.97. The molecule has 0 amide bonds. The van der Waals surface area contributed by atoms with E-state index in [1.807, 2.05) is 0 Å². The van der Waals surface area contributed by atoms with E-state index in [1.165, 1.54) is 31.5 Å². The summed E-state index contributed by atoms with van der Waals surface area (Å²) in [5, 5.41) is 3.01. The SMILES string of the molecule is COC(=O)c1cc(Nc2ccc(F)c(Cl)c2)ccn1. The van der Waals surface area contributed by atoms with Gasteiger partial charge < -0.3 is 10.1 Å². The van der Waals surface area contributed by atoms with E-state index >= 15 is 0 Å². The first-order valence-electron chi connectivity index (χ1n) is 5.36. The minimum atomic E-state index is -0.527. The number of pyridine rings is 1. The molecule has 0 aliphatic rings. The van der Waals surface area contributed by atoms with Gasteiger partial charge in [0.05, 0.1) is 12.1 Å². The van der Waals surface area contributed by atoms with Crippen LogP contribution in [0.5, 0.6) is 0 Å². The van der Waals surface area contributed by atoms with E-state index in [0.717, 1.165) is 0 Å². The van der Waals surface area contributed by atoms with Gasteiger partial charge in [0.1, 0.15) is 11.5 Å². The maximum absolute atomic E-state index is 13.0. The van der Waals surface area contributed by atoms with E-state index < -0.39 is 11.8 Å². The van der Waals surface area contributed by atoms with E-state index in [2.05, 4.69) is 15.0 Å². The molecule has 0 saturated heterocycles. The van der Waals surface area contributed by atoms with Gasteiger partial charge in [-0.2, -0.15) is 0 Å². The number of halogens is 2. The second-order valence-electron chi connectivity index (χ2n) is 3.68. The van der Waals surface area contributed by atoms with Gasteiger partial charge in [-0.15, -0.1) is 0 Å². The Bertz CT molecular complexity index is 619. The fourth-order valence-corrected chi connectivity index (χ4v) is 1.65. The van der Waals surface area contributed by atoms with Gasteiger partial charge in [-0.25, -0.2) is 14.2 Å². The van der Waals surface area contributed by atoms with Crippen LogP contribution in [-0.2, 0) is 4.74 Å². The number of aromatic nitrogens is 1. The lowest BCUT2D eigenvalue weighted by atomic mass is 10.2. The molecule has 0 saturated carbocycles. The zero-order valence-electron chi connectivity index (χ0n) is 9.98. The summed E-state index contributed by atoms with van der Waals surface area (Å²) in [5.74, 6) is -1.02. The van der Waals surface area contributed by atoms with E-state index in [0.29, 0.717) is 11.4 Å². The minimum absolute atomic E-state index is 0.0206. The van der Waals surface area contributed by atoms with Crippen LogP contribution >= 0.6 is 11.6 Å². The number of esters is 1. The number of carbonyl (C=O) groups is 1. The molecule has 2 aromatic rings. The molecule has 1 heterocycles. The van der Waals surface area contributed by atoms with Crippen molar-refractivity contribution in [3.8, 4) is 0 Å². The summed E-state index contributed by atoms with van der Waals surface area (Å²) in [7, 11) is 1.28. The van der Waals surface area contributed by atoms with Crippen molar-refractivity contribution in [2.75, 3.05) is 12.4 Å². The summed E-state index contributed by atoms with van der Waals surface area (Å²) >= 11 is 5.68. The second-order valence-corrected chi connectivity index (χ2v) is 4.08. The van der Waals surface area contributed by atoms with Gasteiger partial charge in [0.25, 0.3) is 0 Å². The van der Waals surface area contributed by atoms with Crippen molar-refractivity contribution < 1.29 is 13.9 Å². The molecule has 0 unspecified atom stereocenters. The smallest absolute Gasteiger partial charge is 0.356 e. The minimum Gasteiger partial charge on any atom is -0.464 e. The molecule has 1 aromatic carbocycles. The zero-order valence-corrected chi connectivity index (χ0v) is 10.7. The van der Waals surface area contributed by atoms with E-state index in [9.17, 15) is 9.18 Å². The van der Waals surface area contributed by atoms with E-state index in [-0.39, 0.29) is 10.7 Å². The van der Waals surface area contributed by atoms with Crippen LogP contribution in [0.25, 0.3) is 0 Å². The van der Waals surface area contributed by atoms with Gasteiger partial charge >= 0.3 is 5.97 Å². The Labute approximate surface area is 114 Å². The quantitative estimate of drug-likeness (QED) is 0.876. The number of anilines is 2. The van der Waals surface area contributed by atoms with Crippen molar-refractivity contribution in [1.29, 1.82) is 0 Å². The lowest BCUT2D eigenvalue weighted by Gasteiger charge is -2.08. The zero-order chi connectivity index (χ0) is 13.8. The van der Waals surface area contributed by atoms with Crippen LogP contribution in [0.15, 0.2) is 36.5 Å². The molecule has 0 radical (unpaired) electrons. The van der Waals surface area contributed by atoms with Crippen molar-refractivity contribution in [2.45, 2.75) is 0 Å².